The van der Waals surface area contributed by atoms with Crippen LogP contribution >= 0.6 is 0 Å². The van der Waals surface area contributed by atoms with E-state index in [1.54, 1.807) is 0 Å². The van der Waals surface area contributed by atoms with Crippen molar-refractivity contribution >= 4 is 5.69 Å². The van der Waals surface area contributed by atoms with E-state index in [2.05, 4.69) is 4.98 Å². The smallest absolute Gasteiger partial charge is 0.253 e. The van der Waals surface area contributed by atoms with Crippen LogP contribution in [0.3, 0.4) is 0 Å². The van der Waals surface area contributed by atoms with Crippen LogP contribution in [0.2, 0.25) is 0 Å². The highest BCUT2D eigenvalue weighted by atomic mass is 19.2. The molecule has 1 heterocycles. The summed E-state index contributed by atoms with van der Waals surface area (Å²) in [6.45, 7) is -0.00194. The molecule has 0 unspecified atom stereocenters. The second kappa shape index (κ2) is 6.18. The van der Waals surface area contributed by atoms with Crippen molar-refractivity contribution in [1.29, 1.82) is 0 Å². The summed E-state index contributed by atoms with van der Waals surface area (Å²) in [6.07, 6.45) is 1.30. The molecule has 0 saturated heterocycles. The monoisotopic (exact) mass is 342 g/mol. The standard InChI is InChI=1S/C16H14F4N2O2/c1-24-11-6-8(2-5-10(11)23)7-22(9-3-4-9)14-12(17)15(19)21-16(20)13(14)18/h2,5-6,9,23H,3-4,7H2,1H3. The van der Waals surface area contributed by atoms with Crippen LogP contribution in [0.4, 0.5) is 23.2 Å². The van der Waals surface area contributed by atoms with Gasteiger partial charge in [-0.25, -0.2) is 0 Å². The average molecular weight is 342 g/mol. The first-order chi connectivity index (χ1) is 11.4. The van der Waals surface area contributed by atoms with E-state index in [0.29, 0.717) is 18.4 Å². The van der Waals surface area contributed by atoms with E-state index in [9.17, 15) is 22.7 Å². The quantitative estimate of drug-likeness (QED) is 0.667. The molecule has 0 spiro atoms. The third-order valence-electron chi connectivity index (χ3n) is 3.85. The van der Waals surface area contributed by atoms with Gasteiger partial charge >= 0.3 is 0 Å². The molecule has 1 saturated carbocycles. The molecular formula is C16H14F4N2O2. The summed E-state index contributed by atoms with van der Waals surface area (Å²) in [5, 5.41) is 9.60. The van der Waals surface area contributed by atoms with Crippen LogP contribution in [0.25, 0.3) is 0 Å². The predicted octanol–water partition coefficient (Wildman–Crippen LogP) is 3.52. The number of hydrogen-bond acceptors (Lipinski definition) is 4. The maximum absolute atomic E-state index is 14.0. The van der Waals surface area contributed by atoms with E-state index in [-0.39, 0.29) is 24.1 Å². The molecule has 2 aromatic rings. The molecule has 1 aliphatic rings. The number of hydrogen-bond donors (Lipinski definition) is 1. The van der Waals surface area contributed by atoms with Crippen molar-refractivity contribution in [1.82, 2.24) is 4.98 Å². The molecule has 1 aromatic carbocycles. The van der Waals surface area contributed by atoms with Gasteiger partial charge in [-0.15, -0.1) is 0 Å². The number of ether oxygens (including phenoxy) is 1. The number of pyridine rings is 1. The highest BCUT2D eigenvalue weighted by molar-refractivity contribution is 5.52. The molecule has 0 atom stereocenters. The molecule has 1 fully saturated rings. The minimum atomic E-state index is -1.68. The number of phenolic OH excluding ortho intramolecular Hbond substituents is 1. The average Bonchev–Trinajstić information content (AvgIpc) is 3.38. The van der Waals surface area contributed by atoms with Gasteiger partial charge in [0, 0.05) is 12.6 Å². The Morgan fingerprint density at radius 3 is 2.33 bits per heavy atom. The summed E-state index contributed by atoms with van der Waals surface area (Å²) in [5.41, 5.74) is -0.206. The molecule has 1 aliphatic carbocycles. The zero-order valence-corrected chi connectivity index (χ0v) is 12.7. The first-order valence-corrected chi connectivity index (χ1v) is 7.25. The highest BCUT2D eigenvalue weighted by Crippen LogP contribution is 2.38. The normalized spacial score (nSPS) is 13.9. The Kier molecular flexibility index (Phi) is 4.21. The molecule has 1 N–H and O–H groups in total. The molecule has 0 aliphatic heterocycles. The molecule has 0 radical (unpaired) electrons. The lowest BCUT2D eigenvalue weighted by molar-refractivity contribution is 0.373. The van der Waals surface area contributed by atoms with Crippen LogP contribution in [0.1, 0.15) is 18.4 Å². The lowest BCUT2D eigenvalue weighted by atomic mass is 10.1. The van der Waals surface area contributed by atoms with Gasteiger partial charge in [-0.2, -0.15) is 22.5 Å². The number of aromatic nitrogens is 1. The number of phenols is 1. The van der Waals surface area contributed by atoms with Gasteiger partial charge in [-0.05, 0) is 30.5 Å². The predicted molar refractivity (Wildman–Crippen MR) is 77.9 cm³/mol. The van der Waals surface area contributed by atoms with Crippen molar-refractivity contribution in [2.75, 3.05) is 12.0 Å². The fourth-order valence-electron chi connectivity index (χ4n) is 2.52. The van der Waals surface area contributed by atoms with Crippen molar-refractivity contribution in [3.05, 3.63) is 47.3 Å². The van der Waals surface area contributed by atoms with Crippen LogP contribution in [0.15, 0.2) is 18.2 Å². The Hall–Kier alpha value is -2.51. The number of anilines is 1. The van der Waals surface area contributed by atoms with Gasteiger partial charge in [0.1, 0.15) is 5.69 Å². The second-order valence-corrected chi connectivity index (χ2v) is 5.54. The minimum absolute atomic E-state index is 0.00194. The molecule has 24 heavy (non-hydrogen) atoms. The molecule has 0 bridgehead atoms. The number of aromatic hydroxyl groups is 1. The topological polar surface area (TPSA) is 45.6 Å². The maximum Gasteiger partial charge on any atom is 0.253 e. The largest absolute Gasteiger partial charge is 0.504 e. The van der Waals surface area contributed by atoms with Gasteiger partial charge in [0.25, 0.3) is 11.9 Å². The lowest BCUT2D eigenvalue weighted by Gasteiger charge is -2.26. The lowest BCUT2D eigenvalue weighted by Crippen LogP contribution is -2.28. The SMILES string of the molecule is COc1cc(CN(c2c(F)c(F)nc(F)c2F)C2CC2)ccc1O. The fourth-order valence-corrected chi connectivity index (χ4v) is 2.52. The Morgan fingerprint density at radius 1 is 1.17 bits per heavy atom. The minimum Gasteiger partial charge on any atom is -0.504 e. The molecule has 0 amide bonds. The Labute approximate surface area is 135 Å². The van der Waals surface area contributed by atoms with Crippen molar-refractivity contribution in [3.63, 3.8) is 0 Å². The summed E-state index contributed by atoms with van der Waals surface area (Å²) in [6, 6.07) is 4.18. The first kappa shape index (κ1) is 16.4. The van der Waals surface area contributed by atoms with Gasteiger partial charge in [0.05, 0.1) is 7.11 Å². The summed E-state index contributed by atoms with van der Waals surface area (Å²) in [4.78, 5) is 3.85. The van der Waals surface area contributed by atoms with Crippen molar-refractivity contribution < 1.29 is 27.4 Å². The van der Waals surface area contributed by atoms with E-state index < -0.39 is 29.2 Å². The number of halogens is 4. The highest BCUT2D eigenvalue weighted by Gasteiger charge is 2.35. The molecule has 4 nitrogen and oxygen atoms in total. The van der Waals surface area contributed by atoms with Crippen molar-refractivity contribution in [2.24, 2.45) is 0 Å². The third kappa shape index (κ3) is 2.95. The molecule has 3 rings (SSSR count). The van der Waals surface area contributed by atoms with E-state index in [1.165, 1.54) is 30.2 Å². The van der Waals surface area contributed by atoms with Crippen LogP contribution in [0.5, 0.6) is 11.5 Å². The van der Waals surface area contributed by atoms with Crippen LogP contribution in [0, 0.1) is 23.5 Å². The summed E-state index contributed by atoms with van der Waals surface area (Å²) >= 11 is 0. The van der Waals surface area contributed by atoms with E-state index in [0.717, 1.165) is 0 Å². The van der Waals surface area contributed by atoms with Crippen molar-refractivity contribution in [3.8, 4) is 11.5 Å². The van der Waals surface area contributed by atoms with E-state index >= 15 is 0 Å². The molecule has 128 valence electrons. The van der Waals surface area contributed by atoms with Crippen LogP contribution < -0.4 is 9.64 Å². The zero-order chi connectivity index (χ0) is 17.4. The maximum atomic E-state index is 14.0. The zero-order valence-electron chi connectivity index (χ0n) is 12.7. The number of nitrogens with zero attached hydrogens (tertiary/aromatic N) is 2. The van der Waals surface area contributed by atoms with Gasteiger partial charge in [-0.3, -0.25) is 0 Å². The summed E-state index contributed by atoms with van der Waals surface area (Å²) < 4.78 is 59.9. The van der Waals surface area contributed by atoms with Gasteiger partial charge in [-0.1, -0.05) is 6.07 Å². The Morgan fingerprint density at radius 2 is 1.79 bits per heavy atom. The number of methoxy groups -OCH3 is 1. The van der Waals surface area contributed by atoms with E-state index in [4.69, 9.17) is 4.74 Å². The van der Waals surface area contributed by atoms with E-state index in [1.807, 2.05) is 0 Å². The van der Waals surface area contributed by atoms with Crippen LogP contribution in [-0.4, -0.2) is 23.2 Å². The fraction of sp³-hybridized carbons (Fsp3) is 0.312. The second-order valence-electron chi connectivity index (χ2n) is 5.54. The Balaban J connectivity index is 2.01. The van der Waals surface area contributed by atoms with Gasteiger partial charge in [0.2, 0.25) is 11.6 Å². The van der Waals surface area contributed by atoms with Gasteiger partial charge in [0.15, 0.2) is 11.5 Å². The van der Waals surface area contributed by atoms with Crippen LogP contribution in [-0.2, 0) is 6.54 Å². The number of rotatable bonds is 5. The Bertz CT molecular complexity index is 755. The summed E-state index contributed by atoms with van der Waals surface area (Å²) in [7, 11) is 1.37. The number of benzene rings is 1. The molecular weight excluding hydrogens is 328 g/mol. The molecule has 1 aromatic heterocycles. The molecule has 8 heteroatoms. The first-order valence-electron chi connectivity index (χ1n) is 7.25. The van der Waals surface area contributed by atoms with Gasteiger partial charge < -0.3 is 14.7 Å². The summed E-state index contributed by atoms with van der Waals surface area (Å²) in [5.74, 6) is -6.30. The van der Waals surface area contributed by atoms with Crippen molar-refractivity contribution in [2.45, 2.75) is 25.4 Å². The third-order valence-corrected chi connectivity index (χ3v) is 3.85.